The summed E-state index contributed by atoms with van der Waals surface area (Å²) in [7, 11) is 4.82. The molecule has 108 valence electrons. The van der Waals surface area contributed by atoms with Crippen LogP contribution in [0.1, 0.15) is 18.9 Å². The Hall–Kier alpha value is -1.46. The van der Waals surface area contributed by atoms with Gasteiger partial charge in [0.2, 0.25) is 0 Å². The van der Waals surface area contributed by atoms with Gasteiger partial charge in [0.25, 0.3) is 0 Å². The molecule has 0 bridgehead atoms. The van der Waals surface area contributed by atoms with Gasteiger partial charge >= 0.3 is 0 Å². The van der Waals surface area contributed by atoms with Crippen LogP contribution in [0.15, 0.2) is 12.1 Å². The van der Waals surface area contributed by atoms with Crippen molar-refractivity contribution in [3.63, 3.8) is 0 Å². The monoisotopic (exact) mass is 269 g/mol. The fourth-order valence-electron chi connectivity index (χ4n) is 1.76. The van der Waals surface area contributed by atoms with E-state index in [-0.39, 0.29) is 6.10 Å². The summed E-state index contributed by atoms with van der Waals surface area (Å²) in [5.74, 6) is 2.09. The van der Waals surface area contributed by atoms with Gasteiger partial charge in [-0.3, -0.25) is 0 Å². The van der Waals surface area contributed by atoms with E-state index in [0.29, 0.717) is 30.3 Å². The van der Waals surface area contributed by atoms with Gasteiger partial charge in [0.1, 0.15) is 17.2 Å². The van der Waals surface area contributed by atoms with E-state index < -0.39 is 0 Å². The zero-order chi connectivity index (χ0) is 14.3. The summed E-state index contributed by atoms with van der Waals surface area (Å²) in [6.07, 6.45) is 0.388. The van der Waals surface area contributed by atoms with Crippen molar-refractivity contribution >= 4 is 0 Å². The van der Waals surface area contributed by atoms with Crippen LogP contribution in [0.2, 0.25) is 0 Å². The summed E-state index contributed by atoms with van der Waals surface area (Å²) in [5.41, 5.74) is 0.911. The Kier molecular flexibility index (Phi) is 6.45. The first-order valence-electron chi connectivity index (χ1n) is 6.33. The maximum atomic E-state index is 9.53. The first-order chi connectivity index (χ1) is 9.15. The Morgan fingerprint density at radius 3 is 2.11 bits per heavy atom. The molecular weight excluding hydrogens is 246 g/mol. The van der Waals surface area contributed by atoms with Crippen LogP contribution in [-0.4, -0.2) is 39.1 Å². The predicted octanol–water partition coefficient (Wildman–Crippen LogP) is 1.57. The maximum absolute atomic E-state index is 9.53. The minimum Gasteiger partial charge on any atom is -0.496 e. The summed E-state index contributed by atoms with van der Waals surface area (Å²) >= 11 is 0. The molecule has 2 N–H and O–H groups in total. The molecule has 0 aliphatic heterocycles. The lowest BCUT2D eigenvalue weighted by Crippen LogP contribution is -2.26. The number of aliphatic hydroxyl groups is 1. The lowest BCUT2D eigenvalue weighted by Gasteiger charge is -2.16. The van der Waals surface area contributed by atoms with Crippen LogP contribution in [0.3, 0.4) is 0 Å². The molecule has 5 heteroatoms. The number of hydrogen-bond donors (Lipinski definition) is 2. The van der Waals surface area contributed by atoms with Gasteiger partial charge in [-0.1, -0.05) is 6.92 Å². The Balaban J connectivity index is 2.85. The third kappa shape index (κ3) is 4.29. The average Bonchev–Trinajstić information content (AvgIpc) is 2.46. The quantitative estimate of drug-likeness (QED) is 0.750. The minimum atomic E-state index is -0.338. The van der Waals surface area contributed by atoms with Crippen LogP contribution in [0, 0.1) is 0 Å². The first-order valence-corrected chi connectivity index (χ1v) is 6.33. The van der Waals surface area contributed by atoms with Crippen LogP contribution in [0.25, 0.3) is 0 Å². The van der Waals surface area contributed by atoms with Crippen molar-refractivity contribution in [2.45, 2.75) is 26.0 Å². The van der Waals surface area contributed by atoms with E-state index in [2.05, 4.69) is 5.32 Å². The number of hydrogen-bond acceptors (Lipinski definition) is 5. The summed E-state index contributed by atoms with van der Waals surface area (Å²) in [4.78, 5) is 0. The molecule has 0 amide bonds. The van der Waals surface area contributed by atoms with Gasteiger partial charge in [-0.25, -0.2) is 0 Å². The second-order valence-corrected chi connectivity index (χ2v) is 4.20. The lowest BCUT2D eigenvalue weighted by atomic mass is 10.1. The maximum Gasteiger partial charge on any atom is 0.130 e. The lowest BCUT2D eigenvalue weighted by molar-refractivity contribution is 0.167. The second kappa shape index (κ2) is 7.86. The predicted molar refractivity (Wildman–Crippen MR) is 74.1 cm³/mol. The SMILES string of the molecule is CCC(O)CNCc1c(OC)cc(OC)cc1OC. The van der Waals surface area contributed by atoms with Crippen molar-refractivity contribution in [3.05, 3.63) is 17.7 Å². The van der Waals surface area contributed by atoms with Crippen LogP contribution in [0.5, 0.6) is 17.2 Å². The Labute approximate surface area is 114 Å². The van der Waals surface area contributed by atoms with Gasteiger partial charge in [0, 0.05) is 25.2 Å². The van der Waals surface area contributed by atoms with Gasteiger partial charge in [0.15, 0.2) is 0 Å². The third-order valence-electron chi connectivity index (χ3n) is 2.97. The Morgan fingerprint density at radius 2 is 1.68 bits per heavy atom. The minimum absolute atomic E-state index is 0.338. The van der Waals surface area contributed by atoms with E-state index in [0.717, 1.165) is 12.0 Å². The highest BCUT2D eigenvalue weighted by atomic mass is 16.5. The standard InChI is InChI=1S/C14H23NO4/c1-5-10(16)8-15-9-12-13(18-3)6-11(17-2)7-14(12)19-4/h6-7,10,15-16H,5,8-9H2,1-4H3. The van der Waals surface area contributed by atoms with Crippen LogP contribution >= 0.6 is 0 Å². The van der Waals surface area contributed by atoms with E-state index >= 15 is 0 Å². The van der Waals surface area contributed by atoms with Crippen molar-refractivity contribution < 1.29 is 19.3 Å². The average molecular weight is 269 g/mol. The van der Waals surface area contributed by atoms with E-state index in [1.165, 1.54) is 0 Å². The molecule has 1 aromatic rings. The molecule has 1 unspecified atom stereocenters. The Morgan fingerprint density at radius 1 is 1.11 bits per heavy atom. The van der Waals surface area contributed by atoms with Gasteiger partial charge in [-0.05, 0) is 6.42 Å². The molecular formula is C14H23NO4. The molecule has 19 heavy (non-hydrogen) atoms. The molecule has 0 fully saturated rings. The van der Waals surface area contributed by atoms with Crippen molar-refractivity contribution in [2.24, 2.45) is 0 Å². The zero-order valence-electron chi connectivity index (χ0n) is 12.0. The fraction of sp³-hybridized carbons (Fsp3) is 0.571. The number of ether oxygens (including phenoxy) is 3. The van der Waals surface area contributed by atoms with Crippen LogP contribution < -0.4 is 19.5 Å². The molecule has 0 aliphatic carbocycles. The molecule has 1 rings (SSSR count). The number of methoxy groups -OCH3 is 3. The summed E-state index contributed by atoms with van der Waals surface area (Å²) in [6.45, 7) is 3.04. The molecule has 0 saturated carbocycles. The summed E-state index contributed by atoms with van der Waals surface area (Å²) < 4.78 is 15.9. The smallest absolute Gasteiger partial charge is 0.130 e. The van der Waals surface area contributed by atoms with Crippen molar-refractivity contribution in [3.8, 4) is 17.2 Å². The number of benzene rings is 1. The molecule has 1 aromatic carbocycles. The van der Waals surface area contributed by atoms with Crippen LogP contribution in [0.4, 0.5) is 0 Å². The highest BCUT2D eigenvalue weighted by molar-refractivity contribution is 5.50. The third-order valence-corrected chi connectivity index (χ3v) is 2.97. The van der Waals surface area contributed by atoms with Gasteiger partial charge in [0.05, 0.1) is 33.0 Å². The molecule has 0 radical (unpaired) electrons. The molecule has 0 aromatic heterocycles. The molecule has 5 nitrogen and oxygen atoms in total. The van der Waals surface area contributed by atoms with E-state index in [1.54, 1.807) is 21.3 Å². The summed E-state index contributed by atoms with van der Waals surface area (Å²) in [5, 5.41) is 12.7. The van der Waals surface area contributed by atoms with Gasteiger partial charge in [-0.2, -0.15) is 0 Å². The van der Waals surface area contributed by atoms with Crippen molar-refractivity contribution in [1.82, 2.24) is 5.32 Å². The summed E-state index contributed by atoms with van der Waals surface area (Å²) in [6, 6.07) is 3.63. The van der Waals surface area contributed by atoms with Crippen molar-refractivity contribution in [2.75, 3.05) is 27.9 Å². The van der Waals surface area contributed by atoms with Gasteiger partial charge in [-0.15, -0.1) is 0 Å². The number of rotatable bonds is 8. The normalized spacial score (nSPS) is 12.1. The Bertz CT molecular complexity index is 370. The number of nitrogens with one attached hydrogen (secondary N) is 1. The molecule has 0 heterocycles. The largest absolute Gasteiger partial charge is 0.496 e. The van der Waals surface area contributed by atoms with Crippen molar-refractivity contribution in [1.29, 1.82) is 0 Å². The zero-order valence-corrected chi connectivity index (χ0v) is 12.0. The fourth-order valence-corrected chi connectivity index (χ4v) is 1.76. The van der Waals surface area contributed by atoms with E-state index in [1.807, 2.05) is 19.1 Å². The van der Waals surface area contributed by atoms with Crippen LogP contribution in [-0.2, 0) is 6.54 Å². The van der Waals surface area contributed by atoms with E-state index in [4.69, 9.17) is 14.2 Å². The van der Waals surface area contributed by atoms with E-state index in [9.17, 15) is 5.11 Å². The molecule has 0 spiro atoms. The molecule has 1 atom stereocenters. The number of aliphatic hydroxyl groups excluding tert-OH is 1. The molecule has 0 saturated heterocycles. The highest BCUT2D eigenvalue weighted by Gasteiger charge is 2.13. The highest BCUT2D eigenvalue weighted by Crippen LogP contribution is 2.33. The topological polar surface area (TPSA) is 60.0 Å². The first kappa shape index (κ1) is 15.6. The van der Waals surface area contributed by atoms with Gasteiger partial charge < -0.3 is 24.6 Å². The molecule has 0 aliphatic rings. The second-order valence-electron chi connectivity index (χ2n) is 4.20.